The molecule has 36 heavy (non-hydrogen) atoms. The number of rotatable bonds is 4. The number of hydrogen-bond acceptors (Lipinski definition) is 1. The van der Waals surface area contributed by atoms with Crippen LogP contribution >= 0.6 is 0 Å². The molecule has 0 N–H and O–H groups in total. The summed E-state index contributed by atoms with van der Waals surface area (Å²) in [6.07, 6.45) is 1.61. The van der Waals surface area contributed by atoms with E-state index in [0.717, 1.165) is 42.5 Å². The van der Waals surface area contributed by atoms with Crippen LogP contribution in [0.2, 0.25) is 0 Å². The molecule has 0 unspecified atom stereocenters. The lowest BCUT2D eigenvalue weighted by Gasteiger charge is -2.06. The summed E-state index contributed by atoms with van der Waals surface area (Å²) in [6, 6.07) is 13.2. The second-order valence-electron chi connectivity index (χ2n) is 7.99. The van der Waals surface area contributed by atoms with Gasteiger partial charge in [-0.1, -0.05) is 49.2 Å². The van der Waals surface area contributed by atoms with Gasteiger partial charge in [0.1, 0.15) is 34.8 Å². The van der Waals surface area contributed by atoms with Crippen molar-refractivity contribution in [1.29, 1.82) is 0 Å². The minimum absolute atomic E-state index is 0.0441. The van der Waals surface area contributed by atoms with Crippen LogP contribution in [0.5, 0.6) is 5.75 Å². The van der Waals surface area contributed by atoms with Gasteiger partial charge in [-0.15, -0.1) is 0 Å². The maximum atomic E-state index is 14.6. The lowest BCUT2D eigenvalue weighted by Crippen LogP contribution is -1.99. The summed E-state index contributed by atoms with van der Waals surface area (Å²) in [5.41, 5.74) is -0.611. The van der Waals surface area contributed by atoms with Gasteiger partial charge in [0, 0.05) is 23.3 Å². The van der Waals surface area contributed by atoms with Crippen LogP contribution in [0.3, 0.4) is 0 Å². The zero-order chi connectivity index (χ0) is 25.7. The first-order chi connectivity index (χ1) is 17.3. The highest BCUT2D eigenvalue weighted by Crippen LogP contribution is 2.21. The Morgan fingerprint density at radius 1 is 0.611 bits per heavy atom. The van der Waals surface area contributed by atoms with E-state index < -0.39 is 34.4 Å². The summed E-state index contributed by atoms with van der Waals surface area (Å²) in [5, 5.41) is 1.40. The van der Waals surface area contributed by atoms with Crippen LogP contribution in [0.25, 0.3) is 10.8 Å². The normalized spacial score (nSPS) is 10.4. The third-order valence-electron chi connectivity index (χ3n) is 5.29. The minimum atomic E-state index is -0.963. The highest BCUT2D eigenvalue weighted by atomic mass is 19.1. The standard InChI is InChI=1S/C30H19F5O/c1-2-3-12-36-24-17-29(34)26(30(35)18-24)11-6-20-14-27(32)25(28(33)15-20)10-5-19-4-7-22-16-23(31)9-8-21(22)13-19/h4,7-9,13-18H,2-3,12H2,1H3. The third kappa shape index (κ3) is 5.85. The second-order valence-corrected chi connectivity index (χ2v) is 7.99. The Kier molecular flexibility index (Phi) is 7.56. The molecule has 180 valence electrons. The highest BCUT2D eigenvalue weighted by Gasteiger charge is 2.12. The minimum Gasteiger partial charge on any atom is -0.493 e. The fraction of sp³-hybridized carbons (Fsp3) is 0.133. The van der Waals surface area contributed by atoms with Gasteiger partial charge in [-0.05, 0) is 53.6 Å². The van der Waals surface area contributed by atoms with Gasteiger partial charge < -0.3 is 4.74 Å². The zero-order valence-corrected chi connectivity index (χ0v) is 19.2. The van der Waals surface area contributed by atoms with Gasteiger partial charge >= 0.3 is 0 Å². The smallest absolute Gasteiger partial charge is 0.145 e. The van der Waals surface area contributed by atoms with E-state index in [1.807, 2.05) is 6.92 Å². The quantitative estimate of drug-likeness (QED) is 0.163. The first-order valence-corrected chi connectivity index (χ1v) is 11.2. The van der Waals surface area contributed by atoms with Crippen LogP contribution in [-0.4, -0.2) is 6.61 Å². The predicted molar refractivity (Wildman–Crippen MR) is 129 cm³/mol. The number of benzene rings is 4. The molecule has 0 amide bonds. The van der Waals surface area contributed by atoms with E-state index in [-0.39, 0.29) is 17.1 Å². The molecular formula is C30H19F5O. The molecule has 0 bridgehead atoms. The first-order valence-electron chi connectivity index (χ1n) is 11.2. The van der Waals surface area contributed by atoms with Crippen molar-refractivity contribution in [3.05, 3.63) is 112 Å². The third-order valence-corrected chi connectivity index (χ3v) is 5.29. The van der Waals surface area contributed by atoms with E-state index >= 15 is 0 Å². The van der Waals surface area contributed by atoms with Crippen molar-refractivity contribution in [2.24, 2.45) is 0 Å². The Morgan fingerprint density at radius 3 is 1.81 bits per heavy atom. The molecule has 4 aromatic carbocycles. The second kappa shape index (κ2) is 11.0. The summed E-state index contributed by atoms with van der Waals surface area (Å²) in [7, 11) is 0. The van der Waals surface area contributed by atoms with E-state index in [4.69, 9.17) is 4.74 Å². The highest BCUT2D eigenvalue weighted by molar-refractivity contribution is 5.84. The topological polar surface area (TPSA) is 9.23 Å². The molecule has 0 aromatic heterocycles. The van der Waals surface area contributed by atoms with E-state index in [1.54, 1.807) is 24.3 Å². The van der Waals surface area contributed by atoms with Gasteiger partial charge in [0.25, 0.3) is 0 Å². The van der Waals surface area contributed by atoms with E-state index in [9.17, 15) is 22.0 Å². The van der Waals surface area contributed by atoms with Gasteiger partial charge in [0.15, 0.2) is 0 Å². The van der Waals surface area contributed by atoms with Crippen molar-refractivity contribution in [2.45, 2.75) is 19.8 Å². The summed E-state index contributed by atoms with van der Waals surface area (Å²) >= 11 is 0. The molecule has 6 heteroatoms. The van der Waals surface area contributed by atoms with Crippen LogP contribution in [0.1, 0.15) is 42.0 Å². The van der Waals surface area contributed by atoms with Gasteiger partial charge in [0.05, 0.1) is 17.7 Å². The van der Waals surface area contributed by atoms with Crippen molar-refractivity contribution in [3.63, 3.8) is 0 Å². The van der Waals surface area contributed by atoms with Crippen LogP contribution in [0, 0.1) is 52.8 Å². The molecular weight excluding hydrogens is 471 g/mol. The summed E-state index contributed by atoms with van der Waals surface area (Å²) in [6.45, 7) is 2.29. The van der Waals surface area contributed by atoms with Gasteiger partial charge in [-0.2, -0.15) is 0 Å². The Morgan fingerprint density at radius 2 is 1.17 bits per heavy atom. The van der Waals surface area contributed by atoms with Crippen molar-refractivity contribution < 1.29 is 26.7 Å². The summed E-state index contributed by atoms with van der Waals surface area (Å²) in [4.78, 5) is 0. The SMILES string of the molecule is CCCCOc1cc(F)c(C#Cc2cc(F)c(C#Cc3ccc4cc(F)ccc4c3)c(F)c2)c(F)c1. The molecule has 0 radical (unpaired) electrons. The number of unbranched alkanes of at least 4 members (excludes halogenated alkanes) is 1. The average molecular weight is 490 g/mol. The van der Waals surface area contributed by atoms with Gasteiger partial charge in [-0.25, -0.2) is 22.0 Å². The lowest BCUT2D eigenvalue weighted by molar-refractivity contribution is 0.306. The largest absolute Gasteiger partial charge is 0.493 e. The molecule has 0 spiro atoms. The monoisotopic (exact) mass is 490 g/mol. The van der Waals surface area contributed by atoms with Crippen LogP contribution < -0.4 is 4.74 Å². The fourth-order valence-electron chi connectivity index (χ4n) is 3.42. The number of ether oxygens (including phenoxy) is 1. The zero-order valence-electron chi connectivity index (χ0n) is 19.2. The summed E-state index contributed by atoms with van der Waals surface area (Å²) in [5.74, 6) is 5.72. The predicted octanol–water partition coefficient (Wildman–Crippen LogP) is 7.51. The molecule has 4 rings (SSSR count). The van der Waals surface area contributed by atoms with Gasteiger partial charge in [-0.3, -0.25) is 0 Å². The molecule has 0 heterocycles. The number of fused-ring (bicyclic) bond motifs is 1. The Bertz CT molecular complexity index is 1520. The van der Waals surface area contributed by atoms with Crippen LogP contribution in [0.15, 0.2) is 60.7 Å². The summed E-state index contributed by atoms with van der Waals surface area (Å²) < 4.78 is 76.4. The van der Waals surface area contributed by atoms with Crippen molar-refractivity contribution in [3.8, 4) is 29.4 Å². The molecule has 0 saturated carbocycles. The van der Waals surface area contributed by atoms with E-state index in [1.165, 1.54) is 12.1 Å². The molecule has 0 aliphatic rings. The van der Waals surface area contributed by atoms with Crippen molar-refractivity contribution in [1.82, 2.24) is 0 Å². The van der Waals surface area contributed by atoms with E-state index in [0.29, 0.717) is 17.6 Å². The lowest BCUT2D eigenvalue weighted by atomic mass is 10.1. The Hall–Kier alpha value is -4.29. The van der Waals surface area contributed by atoms with Crippen molar-refractivity contribution >= 4 is 10.8 Å². The van der Waals surface area contributed by atoms with Crippen LogP contribution in [0.4, 0.5) is 22.0 Å². The molecule has 0 aliphatic carbocycles. The maximum Gasteiger partial charge on any atom is 0.145 e. The van der Waals surface area contributed by atoms with Crippen LogP contribution in [-0.2, 0) is 0 Å². The maximum absolute atomic E-state index is 14.6. The number of halogens is 5. The molecule has 4 aromatic rings. The van der Waals surface area contributed by atoms with E-state index in [2.05, 4.69) is 23.7 Å². The Balaban J connectivity index is 1.57. The molecule has 0 fully saturated rings. The fourth-order valence-corrected chi connectivity index (χ4v) is 3.42. The molecule has 1 nitrogen and oxygen atoms in total. The first kappa shape index (κ1) is 24.8. The molecule has 0 saturated heterocycles. The van der Waals surface area contributed by atoms with Gasteiger partial charge in [0.2, 0.25) is 0 Å². The number of hydrogen-bond donors (Lipinski definition) is 0. The van der Waals surface area contributed by atoms with Crippen molar-refractivity contribution in [2.75, 3.05) is 6.61 Å². The Labute approximate surface area is 205 Å². The molecule has 0 atom stereocenters. The molecule has 0 aliphatic heterocycles. The average Bonchev–Trinajstić information content (AvgIpc) is 2.83.